The second kappa shape index (κ2) is 10.1. The van der Waals surface area contributed by atoms with Crippen molar-refractivity contribution in [2.24, 2.45) is 5.92 Å². The highest BCUT2D eigenvalue weighted by atomic mass is 32.2. The van der Waals surface area contributed by atoms with Crippen molar-refractivity contribution in [2.75, 3.05) is 11.9 Å². The van der Waals surface area contributed by atoms with Crippen molar-refractivity contribution in [3.05, 3.63) is 83.8 Å². The fourth-order valence-electron chi connectivity index (χ4n) is 4.42. The zero-order valence-electron chi connectivity index (χ0n) is 19.8. The summed E-state index contributed by atoms with van der Waals surface area (Å²) >= 11 is 0. The molecular formula is C26H30N4O4S. The van der Waals surface area contributed by atoms with Gasteiger partial charge in [-0.15, -0.1) is 0 Å². The summed E-state index contributed by atoms with van der Waals surface area (Å²) in [5, 5.41) is 11.7. The van der Waals surface area contributed by atoms with Crippen molar-refractivity contribution in [1.82, 2.24) is 14.7 Å². The molecule has 3 aromatic rings. The van der Waals surface area contributed by atoms with Gasteiger partial charge in [0.05, 0.1) is 11.7 Å². The van der Waals surface area contributed by atoms with Crippen LogP contribution < -0.4 is 10.0 Å². The minimum Gasteiger partial charge on any atom is -0.480 e. The van der Waals surface area contributed by atoms with Crippen LogP contribution in [0.15, 0.2) is 71.9 Å². The number of nitrogens with zero attached hydrogens (tertiary/aromatic N) is 2. The highest BCUT2D eigenvalue weighted by Gasteiger charge is 2.46. The van der Waals surface area contributed by atoms with Gasteiger partial charge in [-0.2, -0.15) is 0 Å². The van der Waals surface area contributed by atoms with E-state index in [2.05, 4.69) is 58.1 Å². The Morgan fingerprint density at radius 2 is 1.83 bits per heavy atom. The second-order valence-electron chi connectivity index (χ2n) is 9.27. The van der Waals surface area contributed by atoms with Crippen LogP contribution in [0.5, 0.6) is 0 Å². The van der Waals surface area contributed by atoms with Crippen LogP contribution in [0.1, 0.15) is 49.6 Å². The maximum Gasteiger partial charge on any atom is 0.322 e. The lowest BCUT2D eigenvalue weighted by Crippen LogP contribution is -2.31. The van der Waals surface area contributed by atoms with Gasteiger partial charge in [0.25, 0.3) is 0 Å². The van der Waals surface area contributed by atoms with Crippen molar-refractivity contribution < 1.29 is 18.3 Å². The smallest absolute Gasteiger partial charge is 0.322 e. The predicted octanol–water partition coefficient (Wildman–Crippen LogP) is 3.92. The average molecular weight is 495 g/mol. The molecule has 184 valence electrons. The van der Waals surface area contributed by atoms with Crippen LogP contribution in [0, 0.1) is 5.92 Å². The summed E-state index contributed by atoms with van der Waals surface area (Å²) in [6.45, 7) is 4.21. The molecule has 8 nitrogen and oxygen atoms in total. The highest BCUT2D eigenvalue weighted by Crippen LogP contribution is 2.53. The molecule has 9 heteroatoms. The number of aliphatic carboxylic acids is 1. The molecule has 0 radical (unpaired) electrons. The third kappa shape index (κ3) is 5.86. The van der Waals surface area contributed by atoms with Gasteiger partial charge in [0.1, 0.15) is 17.3 Å². The van der Waals surface area contributed by atoms with Gasteiger partial charge in [0, 0.05) is 12.4 Å². The molecule has 3 N–H and O–H groups in total. The molecule has 0 saturated heterocycles. The molecule has 0 spiro atoms. The SMILES string of the molecule is CC(C)C1(c2ccc(CC(NS(=O)(=O)c3cccnc3)c3cccc(NCC(=O)O)n3)cc2)CC1. The van der Waals surface area contributed by atoms with Gasteiger partial charge >= 0.3 is 5.97 Å². The zero-order chi connectivity index (χ0) is 25.1. The average Bonchev–Trinajstić information content (AvgIpc) is 3.66. The maximum absolute atomic E-state index is 13.1. The van der Waals surface area contributed by atoms with Crippen LogP contribution in [0.2, 0.25) is 0 Å². The molecule has 1 atom stereocenters. The Kier molecular flexibility index (Phi) is 7.18. The number of pyridine rings is 2. The van der Waals surface area contributed by atoms with E-state index >= 15 is 0 Å². The number of carbonyl (C=O) groups is 1. The summed E-state index contributed by atoms with van der Waals surface area (Å²) in [6.07, 6.45) is 5.58. The van der Waals surface area contributed by atoms with Gasteiger partial charge in [-0.3, -0.25) is 9.78 Å². The standard InChI is InChI=1S/C26H30N4O4S/c1-18(2)26(12-13-26)20-10-8-19(9-11-20)15-23(30-35(33,34)21-5-4-14-27-16-21)22-6-3-7-24(29-22)28-17-25(31)32/h3-11,14,16,18,23,30H,12-13,15,17H2,1-2H3,(H,28,29)(H,31,32). The Bertz CT molecular complexity index is 1270. The first-order chi connectivity index (χ1) is 16.7. The van der Waals surface area contributed by atoms with E-state index in [0.29, 0.717) is 23.9 Å². The van der Waals surface area contributed by atoms with E-state index in [9.17, 15) is 13.2 Å². The number of carboxylic acids is 1. The molecule has 0 bridgehead atoms. The maximum atomic E-state index is 13.1. The molecule has 2 aromatic heterocycles. The molecule has 1 aliphatic rings. The van der Waals surface area contributed by atoms with Crippen LogP contribution in [-0.2, 0) is 26.7 Å². The molecule has 4 rings (SSSR count). The third-order valence-corrected chi connectivity index (χ3v) is 8.11. The molecule has 0 aliphatic heterocycles. The molecule has 1 aromatic carbocycles. The minimum absolute atomic E-state index is 0.0631. The molecule has 0 amide bonds. The van der Waals surface area contributed by atoms with Gasteiger partial charge in [-0.25, -0.2) is 18.1 Å². The van der Waals surface area contributed by atoms with Crippen molar-refractivity contribution in [1.29, 1.82) is 0 Å². The van der Waals surface area contributed by atoms with Gasteiger partial charge in [0.2, 0.25) is 10.0 Å². The molecule has 2 heterocycles. The van der Waals surface area contributed by atoms with E-state index in [4.69, 9.17) is 5.11 Å². The van der Waals surface area contributed by atoms with Gasteiger partial charge in [0.15, 0.2) is 0 Å². The van der Waals surface area contributed by atoms with E-state index in [1.807, 2.05) is 0 Å². The van der Waals surface area contributed by atoms with Crippen LogP contribution in [0.3, 0.4) is 0 Å². The van der Waals surface area contributed by atoms with Crippen molar-refractivity contribution in [3.63, 3.8) is 0 Å². The quantitative estimate of drug-likeness (QED) is 0.369. The number of hydrogen-bond acceptors (Lipinski definition) is 6. The Hall–Kier alpha value is -3.30. The van der Waals surface area contributed by atoms with Crippen molar-refractivity contribution in [3.8, 4) is 0 Å². The second-order valence-corrected chi connectivity index (χ2v) is 11.0. The number of nitrogens with one attached hydrogen (secondary N) is 2. The summed E-state index contributed by atoms with van der Waals surface area (Å²) in [6, 6.07) is 15.9. The number of anilines is 1. The number of hydrogen-bond donors (Lipinski definition) is 3. The molecule has 1 fully saturated rings. The summed E-state index contributed by atoms with van der Waals surface area (Å²) in [4.78, 5) is 19.4. The van der Waals surface area contributed by atoms with E-state index < -0.39 is 22.0 Å². The number of rotatable bonds is 11. The zero-order valence-corrected chi connectivity index (χ0v) is 20.6. The molecule has 35 heavy (non-hydrogen) atoms. The van der Waals surface area contributed by atoms with Crippen molar-refractivity contribution in [2.45, 2.75) is 49.5 Å². The largest absolute Gasteiger partial charge is 0.480 e. The van der Waals surface area contributed by atoms with E-state index in [1.165, 1.54) is 36.9 Å². The van der Waals surface area contributed by atoms with Crippen molar-refractivity contribution >= 4 is 21.8 Å². The lowest BCUT2D eigenvalue weighted by molar-refractivity contribution is -0.134. The Balaban J connectivity index is 1.62. The number of sulfonamides is 1. The third-order valence-electron chi connectivity index (χ3n) is 6.65. The number of aromatic nitrogens is 2. The molecule has 1 unspecified atom stereocenters. The predicted molar refractivity (Wildman–Crippen MR) is 134 cm³/mol. The summed E-state index contributed by atoms with van der Waals surface area (Å²) in [7, 11) is -3.87. The van der Waals surface area contributed by atoms with E-state index in [0.717, 1.165) is 5.56 Å². The topological polar surface area (TPSA) is 121 Å². The monoisotopic (exact) mass is 494 g/mol. The number of benzene rings is 1. The first-order valence-corrected chi connectivity index (χ1v) is 13.1. The Morgan fingerprint density at radius 3 is 2.43 bits per heavy atom. The lowest BCUT2D eigenvalue weighted by Gasteiger charge is -2.22. The van der Waals surface area contributed by atoms with E-state index in [1.54, 1.807) is 24.3 Å². The first-order valence-electron chi connectivity index (χ1n) is 11.6. The van der Waals surface area contributed by atoms with Crippen LogP contribution in [-0.4, -0.2) is 36.0 Å². The van der Waals surface area contributed by atoms with Gasteiger partial charge in [-0.1, -0.05) is 44.2 Å². The fourth-order valence-corrected chi connectivity index (χ4v) is 5.59. The first kappa shape index (κ1) is 24.8. The fraction of sp³-hybridized carbons (Fsp3) is 0.346. The Morgan fingerprint density at radius 1 is 1.09 bits per heavy atom. The number of carboxylic acid groups (broad SMARTS) is 1. The highest BCUT2D eigenvalue weighted by molar-refractivity contribution is 7.89. The molecular weight excluding hydrogens is 464 g/mol. The van der Waals surface area contributed by atoms with Crippen LogP contribution in [0.4, 0.5) is 5.82 Å². The van der Waals surface area contributed by atoms with E-state index in [-0.39, 0.29) is 16.9 Å². The normalized spacial score (nSPS) is 15.5. The van der Waals surface area contributed by atoms with Gasteiger partial charge in [-0.05, 0) is 66.0 Å². The summed E-state index contributed by atoms with van der Waals surface area (Å²) < 4.78 is 29.0. The summed E-state index contributed by atoms with van der Waals surface area (Å²) in [5.74, 6) is -0.0861. The Labute approximate surface area is 205 Å². The summed E-state index contributed by atoms with van der Waals surface area (Å²) in [5.41, 5.74) is 3.03. The van der Waals surface area contributed by atoms with Crippen LogP contribution in [0.25, 0.3) is 0 Å². The minimum atomic E-state index is -3.87. The lowest BCUT2D eigenvalue weighted by atomic mass is 9.84. The molecule has 1 saturated carbocycles. The van der Waals surface area contributed by atoms with Gasteiger partial charge < -0.3 is 10.4 Å². The van der Waals surface area contributed by atoms with Crippen LogP contribution >= 0.6 is 0 Å². The molecule has 1 aliphatic carbocycles.